The van der Waals surface area contributed by atoms with Crippen LogP contribution in [-0.2, 0) is 21.4 Å². The van der Waals surface area contributed by atoms with Gasteiger partial charge in [0.1, 0.15) is 0 Å². The van der Waals surface area contributed by atoms with E-state index in [1.807, 2.05) is 38.1 Å². The van der Waals surface area contributed by atoms with Gasteiger partial charge in [-0.3, -0.25) is 4.79 Å². The average Bonchev–Trinajstić information content (AvgIpc) is 2.81. The number of anilines is 2. The number of benzene rings is 2. The number of carbonyl (C=O) groups excluding carboxylic acids is 1. The molecule has 0 radical (unpaired) electrons. The molecule has 1 saturated heterocycles. The van der Waals surface area contributed by atoms with Crippen molar-refractivity contribution >= 4 is 27.3 Å². The molecule has 33 heavy (non-hydrogen) atoms. The summed E-state index contributed by atoms with van der Waals surface area (Å²) in [5.41, 5.74) is 2.64. The van der Waals surface area contributed by atoms with Gasteiger partial charge >= 0.3 is 0 Å². The van der Waals surface area contributed by atoms with Crippen molar-refractivity contribution in [2.45, 2.75) is 45.1 Å². The molecule has 180 valence electrons. The lowest BCUT2D eigenvalue weighted by Crippen LogP contribution is -2.35. The molecule has 3 rings (SSSR count). The third kappa shape index (κ3) is 5.75. The van der Waals surface area contributed by atoms with Gasteiger partial charge in [-0.1, -0.05) is 39.0 Å². The number of amides is 1. The molecule has 1 heterocycles. The lowest BCUT2D eigenvalue weighted by Gasteiger charge is -2.33. The second-order valence-electron chi connectivity index (χ2n) is 8.48. The molecular weight excluding hydrogens is 438 g/mol. The molecule has 1 aliphatic rings. The Bertz CT molecular complexity index is 1060. The van der Waals surface area contributed by atoms with Crippen molar-refractivity contribution in [1.82, 2.24) is 4.31 Å². The summed E-state index contributed by atoms with van der Waals surface area (Å²) in [4.78, 5) is 15.8. The van der Waals surface area contributed by atoms with Crippen LogP contribution < -0.4 is 10.2 Å². The average molecular weight is 474 g/mol. The van der Waals surface area contributed by atoms with Gasteiger partial charge in [-0.2, -0.15) is 4.31 Å². The lowest BCUT2D eigenvalue weighted by atomic mass is 9.98. The smallest absolute Gasteiger partial charge is 0.257 e. The molecule has 0 aliphatic carbocycles. The molecule has 0 unspecified atom stereocenters. The van der Waals surface area contributed by atoms with Crippen LogP contribution in [0.5, 0.6) is 0 Å². The van der Waals surface area contributed by atoms with Crippen LogP contribution in [0.3, 0.4) is 0 Å². The second-order valence-corrected chi connectivity index (χ2v) is 10.4. The second kappa shape index (κ2) is 11.1. The van der Waals surface area contributed by atoms with Crippen molar-refractivity contribution in [3.8, 4) is 0 Å². The summed E-state index contributed by atoms with van der Waals surface area (Å²) in [6.07, 6.45) is 2.08. The lowest BCUT2D eigenvalue weighted by molar-refractivity contribution is 0.102. The topological polar surface area (TPSA) is 79.0 Å². The van der Waals surface area contributed by atoms with E-state index in [9.17, 15) is 13.2 Å². The summed E-state index contributed by atoms with van der Waals surface area (Å²) in [7, 11) is -2.08. The van der Waals surface area contributed by atoms with Gasteiger partial charge in [-0.25, -0.2) is 8.42 Å². The number of hydrogen-bond acceptors (Lipinski definition) is 5. The van der Waals surface area contributed by atoms with Gasteiger partial charge in [0.2, 0.25) is 10.0 Å². The first kappa shape index (κ1) is 25.2. The van der Waals surface area contributed by atoms with Gasteiger partial charge < -0.3 is 15.0 Å². The number of nitrogens with zero attached hydrogens (tertiary/aromatic N) is 2. The van der Waals surface area contributed by atoms with Crippen LogP contribution in [0.4, 0.5) is 11.4 Å². The summed E-state index contributed by atoms with van der Waals surface area (Å²) in [6.45, 7) is 8.64. The first-order valence-corrected chi connectivity index (χ1v) is 13.0. The predicted molar refractivity (Wildman–Crippen MR) is 132 cm³/mol. The van der Waals surface area contributed by atoms with Gasteiger partial charge in [-0.15, -0.1) is 0 Å². The Morgan fingerprint density at radius 3 is 2.42 bits per heavy atom. The van der Waals surface area contributed by atoms with Gasteiger partial charge in [0, 0.05) is 50.2 Å². The summed E-state index contributed by atoms with van der Waals surface area (Å²) in [5, 5.41) is 2.98. The highest BCUT2D eigenvalue weighted by atomic mass is 32.2. The van der Waals surface area contributed by atoms with E-state index in [0.29, 0.717) is 36.9 Å². The van der Waals surface area contributed by atoms with Gasteiger partial charge in [0.05, 0.1) is 17.1 Å². The first-order valence-electron chi connectivity index (χ1n) is 11.6. The number of piperidine rings is 1. The van der Waals surface area contributed by atoms with E-state index >= 15 is 0 Å². The molecule has 1 aliphatic heterocycles. The number of ether oxygens (including phenoxy) is 1. The molecule has 0 atom stereocenters. The number of rotatable bonds is 9. The molecule has 0 bridgehead atoms. The predicted octanol–water partition coefficient (Wildman–Crippen LogP) is 4.35. The molecule has 1 amide bonds. The van der Waals surface area contributed by atoms with Crippen molar-refractivity contribution in [2.75, 3.05) is 43.5 Å². The standard InChI is InChI=1S/C25H35N3O4S/c1-5-28(6-2)33(30,31)21-11-12-24(27-15-13-19(3)14-16-27)22(17-21)25(29)26-23-10-8-7-9-20(23)18-32-4/h7-12,17,19H,5-6,13-16,18H2,1-4H3,(H,26,29). The molecule has 1 N–H and O–H groups in total. The molecule has 2 aromatic rings. The normalized spacial score (nSPS) is 15.1. The third-order valence-corrected chi connectivity index (χ3v) is 8.29. The highest BCUT2D eigenvalue weighted by molar-refractivity contribution is 7.89. The fourth-order valence-electron chi connectivity index (χ4n) is 4.21. The van der Waals surface area contributed by atoms with Crippen LogP contribution in [0.1, 0.15) is 49.5 Å². The van der Waals surface area contributed by atoms with Gasteiger partial charge in [0.25, 0.3) is 5.91 Å². The third-order valence-electron chi connectivity index (χ3n) is 6.25. The number of sulfonamides is 1. The zero-order valence-electron chi connectivity index (χ0n) is 20.0. The Labute approximate surface area is 197 Å². The SMILES string of the molecule is CCN(CC)S(=O)(=O)c1ccc(N2CCC(C)CC2)c(C(=O)Nc2ccccc2COC)c1. The fraction of sp³-hybridized carbons (Fsp3) is 0.480. The van der Waals surface area contributed by atoms with Crippen LogP contribution in [0.15, 0.2) is 47.4 Å². The zero-order valence-corrected chi connectivity index (χ0v) is 20.8. The van der Waals surface area contributed by atoms with E-state index in [2.05, 4.69) is 17.1 Å². The largest absolute Gasteiger partial charge is 0.380 e. The molecule has 0 saturated carbocycles. The maximum atomic E-state index is 13.5. The summed E-state index contributed by atoms with van der Waals surface area (Å²) >= 11 is 0. The quantitative estimate of drug-likeness (QED) is 0.586. The summed E-state index contributed by atoms with van der Waals surface area (Å²) in [6, 6.07) is 12.4. The number of hydrogen-bond donors (Lipinski definition) is 1. The summed E-state index contributed by atoms with van der Waals surface area (Å²) < 4.78 is 33.0. The number of methoxy groups -OCH3 is 1. The van der Waals surface area contributed by atoms with Crippen LogP contribution in [-0.4, -0.2) is 51.9 Å². The Kier molecular flexibility index (Phi) is 8.51. The fourth-order valence-corrected chi connectivity index (χ4v) is 5.69. The maximum absolute atomic E-state index is 13.5. The highest BCUT2D eigenvalue weighted by Gasteiger charge is 2.27. The van der Waals surface area contributed by atoms with Crippen molar-refractivity contribution in [2.24, 2.45) is 5.92 Å². The van der Waals surface area contributed by atoms with E-state index < -0.39 is 10.0 Å². The number of para-hydroxylation sites is 1. The van der Waals surface area contributed by atoms with E-state index in [-0.39, 0.29) is 10.8 Å². The number of carbonyl (C=O) groups is 1. The van der Waals surface area contributed by atoms with Crippen molar-refractivity contribution in [3.63, 3.8) is 0 Å². The first-order chi connectivity index (χ1) is 15.8. The van der Waals surface area contributed by atoms with Gasteiger partial charge in [-0.05, 0) is 43.0 Å². The Balaban J connectivity index is 2.03. The minimum atomic E-state index is -3.69. The molecule has 8 heteroatoms. The van der Waals surface area contributed by atoms with E-state index in [0.717, 1.165) is 37.2 Å². The van der Waals surface area contributed by atoms with Crippen molar-refractivity contribution in [3.05, 3.63) is 53.6 Å². The van der Waals surface area contributed by atoms with Gasteiger partial charge in [0.15, 0.2) is 0 Å². The van der Waals surface area contributed by atoms with Crippen LogP contribution in [0, 0.1) is 5.92 Å². The minimum absolute atomic E-state index is 0.135. The van der Waals surface area contributed by atoms with Crippen LogP contribution in [0.25, 0.3) is 0 Å². The van der Waals surface area contributed by atoms with Crippen molar-refractivity contribution in [1.29, 1.82) is 0 Å². The Hall–Kier alpha value is -2.42. The molecule has 7 nitrogen and oxygen atoms in total. The molecule has 0 aromatic heterocycles. The number of nitrogens with one attached hydrogen (secondary N) is 1. The maximum Gasteiger partial charge on any atom is 0.257 e. The molecule has 1 fully saturated rings. The molecular formula is C25H35N3O4S. The summed E-state index contributed by atoms with van der Waals surface area (Å²) in [5.74, 6) is 0.311. The zero-order chi connectivity index (χ0) is 24.0. The monoisotopic (exact) mass is 473 g/mol. The van der Waals surface area contributed by atoms with E-state index in [1.54, 1.807) is 19.2 Å². The van der Waals surface area contributed by atoms with Crippen LogP contribution in [0.2, 0.25) is 0 Å². The minimum Gasteiger partial charge on any atom is -0.380 e. The van der Waals surface area contributed by atoms with Crippen LogP contribution >= 0.6 is 0 Å². The molecule has 0 spiro atoms. The van der Waals surface area contributed by atoms with E-state index in [4.69, 9.17) is 4.74 Å². The molecule has 2 aromatic carbocycles. The highest BCUT2D eigenvalue weighted by Crippen LogP contribution is 2.30. The Morgan fingerprint density at radius 2 is 1.79 bits per heavy atom. The van der Waals surface area contributed by atoms with E-state index in [1.165, 1.54) is 10.4 Å². The Morgan fingerprint density at radius 1 is 1.12 bits per heavy atom. The van der Waals surface area contributed by atoms with Crippen molar-refractivity contribution < 1.29 is 17.9 Å².